The number of halogens is 2. The minimum Gasteiger partial charge on any atom is -0.382 e. The lowest BCUT2D eigenvalue weighted by atomic mass is 10.1. The Morgan fingerprint density at radius 2 is 1.71 bits per heavy atom. The van der Waals surface area contributed by atoms with Gasteiger partial charge in [0.05, 0.1) is 18.8 Å². The molecule has 17 heavy (non-hydrogen) atoms. The van der Waals surface area contributed by atoms with Crippen molar-refractivity contribution in [2.75, 3.05) is 20.3 Å². The molecule has 2 nitrogen and oxygen atoms in total. The smallest absolute Gasteiger partial charge is 0.266 e. The summed E-state index contributed by atoms with van der Waals surface area (Å²) in [4.78, 5) is 0. The Balaban J connectivity index is 0. The van der Waals surface area contributed by atoms with Gasteiger partial charge < -0.3 is 9.47 Å². The van der Waals surface area contributed by atoms with Crippen LogP contribution in [0.5, 0.6) is 0 Å². The fraction of sp³-hybridized carbons (Fsp3) is 0.846. The summed E-state index contributed by atoms with van der Waals surface area (Å²) in [5, 5.41) is 0. The molecule has 0 heterocycles. The Morgan fingerprint density at radius 3 is 2.12 bits per heavy atom. The Bertz CT molecular complexity index is 202. The summed E-state index contributed by atoms with van der Waals surface area (Å²) in [6.45, 7) is 9.75. The maximum atomic E-state index is 12.8. The van der Waals surface area contributed by atoms with E-state index in [1.54, 1.807) is 7.11 Å². The van der Waals surface area contributed by atoms with Gasteiger partial charge in [0.25, 0.3) is 5.92 Å². The summed E-state index contributed by atoms with van der Waals surface area (Å²) in [6, 6.07) is 0. The van der Waals surface area contributed by atoms with Crippen molar-refractivity contribution < 1.29 is 18.3 Å². The van der Waals surface area contributed by atoms with E-state index in [9.17, 15) is 8.78 Å². The largest absolute Gasteiger partial charge is 0.382 e. The fourth-order valence-corrected chi connectivity index (χ4v) is 1.00. The SMILES string of the molecule is CC.CCC(F)(F)/C=C/COC(C)(C)COC. The highest BCUT2D eigenvalue weighted by Crippen LogP contribution is 2.19. The molecule has 0 saturated carbocycles. The minimum atomic E-state index is -2.73. The highest BCUT2D eigenvalue weighted by molar-refractivity contribution is 4.94. The van der Waals surface area contributed by atoms with Gasteiger partial charge in [-0.25, -0.2) is 8.78 Å². The monoisotopic (exact) mass is 252 g/mol. The van der Waals surface area contributed by atoms with E-state index >= 15 is 0 Å². The molecule has 0 aromatic rings. The van der Waals surface area contributed by atoms with E-state index in [-0.39, 0.29) is 13.0 Å². The predicted molar refractivity (Wildman–Crippen MR) is 67.6 cm³/mol. The molecule has 0 spiro atoms. The zero-order valence-electron chi connectivity index (χ0n) is 11.8. The van der Waals surface area contributed by atoms with E-state index in [1.165, 1.54) is 13.0 Å². The van der Waals surface area contributed by atoms with Crippen molar-refractivity contribution >= 4 is 0 Å². The maximum absolute atomic E-state index is 12.8. The van der Waals surface area contributed by atoms with Crippen molar-refractivity contribution in [1.29, 1.82) is 0 Å². The average molecular weight is 252 g/mol. The van der Waals surface area contributed by atoms with Crippen molar-refractivity contribution in [2.45, 2.75) is 52.6 Å². The molecule has 0 atom stereocenters. The number of rotatable bonds is 7. The van der Waals surface area contributed by atoms with Gasteiger partial charge in [0.2, 0.25) is 0 Å². The second-order valence-electron chi connectivity index (χ2n) is 4.02. The van der Waals surface area contributed by atoms with E-state index in [0.29, 0.717) is 6.61 Å². The third-order valence-corrected chi connectivity index (χ3v) is 1.90. The molecule has 0 unspecified atom stereocenters. The van der Waals surface area contributed by atoms with Gasteiger partial charge in [-0.15, -0.1) is 0 Å². The molecule has 0 aromatic heterocycles. The quantitative estimate of drug-likeness (QED) is 0.636. The molecule has 0 aromatic carbocycles. The number of allylic oxidation sites excluding steroid dienone is 1. The zero-order valence-corrected chi connectivity index (χ0v) is 11.8. The number of alkyl halides is 2. The van der Waals surface area contributed by atoms with Crippen molar-refractivity contribution in [2.24, 2.45) is 0 Å². The number of hydrogen-bond donors (Lipinski definition) is 0. The molecule has 0 N–H and O–H groups in total. The molecular weight excluding hydrogens is 226 g/mol. The molecule has 0 radical (unpaired) electrons. The molecule has 0 saturated heterocycles. The van der Waals surface area contributed by atoms with Gasteiger partial charge >= 0.3 is 0 Å². The van der Waals surface area contributed by atoms with Crippen LogP contribution in [-0.2, 0) is 9.47 Å². The minimum absolute atomic E-state index is 0.173. The third-order valence-electron chi connectivity index (χ3n) is 1.90. The van der Waals surface area contributed by atoms with E-state index < -0.39 is 11.5 Å². The van der Waals surface area contributed by atoms with Gasteiger partial charge in [-0.2, -0.15) is 0 Å². The lowest BCUT2D eigenvalue weighted by Crippen LogP contribution is -2.30. The third kappa shape index (κ3) is 11.8. The van der Waals surface area contributed by atoms with E-state index in [4.69, 9.17) is 9.47 Å². The van der Waals surface area contributed by atoms with Crippen molar-refractivity contribution in [3.8, 4) is 0 Å². The highest BCUT2D eigenvalue weighted by atomic mass is 19.3. The van der Waals surface area contributed by atoms with Crippen LogP contribution in [0.3, 0.4) is 0 Å². The molecule has 104 valence electrons. The Morgan fingerprint density at radius 1 is 1.18 bits per heavy atom. The summed E-state index contributed by atoms with van der Waals surface area (Å²) in [6.07, 6.45) is 2.04. The number of hydrogen-bond acceptors (Lipinski definition) is 2. The van der Waals surface area contributed by atoms with Gasteiger partial charge in [0.1, 0.15) is 0 Å². The van der Waals surface area contributed by atoms with Crippen molar-refractivity contribution in [3.05, 3.63) is 12.2 Å². The lowest BCUT2D eigenvalue weighted by molar-refractivity contribution is -0.0536. The van der Waals surface area contributed by atoms with Crippen LogP contribution in [0.15, 0.2) is 12.2 Å². The van der Waals surface area contributed by atoms with Gasteiger partial charge in [0.15, 0.2) is 0 Å². The summed E-state index contributed by atoms with van der Waals surface area (Å²) in [5.41, 5.74) is -0.444. The topological polar surface area (TPSA) is 18.5 Å². The van der Waals surface area contributed by atoms with Crippen LogP contribution in [0.2, 0.25) is 0 Å². The summed E-state index contributed by atoms with van der Waals surface area (Å²) >= 11 is 0. The van der Waals surface area contributed by atoms with Gasteiger partial charge in [-0.05, 0) is 19.9 Å². The predicted octanol–water partition coefficient (Wildman–Crippen LogP) is 4.06. The highest BCUT2D eigenvalue weighted by Gasteiger charge is 2.21. The van der Waals surface area contributed by atoms with Crippen molar-refractivity contribution in [1.82, 2.24) is 0 Å². The van der Waals surface area contributed by atoms with E-state index in [2.05, 4.69) is 0 Å². The second-order valence-corrected chi connectivity index (χ2v) is 4.02. The first kappa shape index (κ1) is 18.9. The molecule has 0 amide bonds. The standard InChI is InChI=1S/C11H20F2O2.C2H6/c1-5-11(12,13)7-6-8-15-10(2,3)9-14-4;1-2/h6-7H,5,8-9H2,1-4H3;1-2H3/b7-6+;. The van der Waals surface area contributed by atoms with Crippen LogP contribution >= 0.6 is 0 Å². The van der Waals surface area contributed by atoms with Gasteiger partial charge in [-0.1, -0.05) is 26.8 Å². The normalized spacial score (nSPS) is 12.5. The summed E-state index contributed by atoms with van der Waals surface area (Å²) in [5.74, 6) is -2.73. The van der Waals surface area contributed by atoms with Gasteiger partial charge in [-0.3, -0.25) is 0 Å². The summed E-state index contributed by atoms with van der Waals surface area (Å²) < 4.78 is 35.8. The van der Waals surface area contributed by atoms with Crippen LogP contribution in [0, 0.1) is 0 Å². The second kappa shape index (κ2) is 9.54. The van der Waals surface area contributed by atoms with E-state index in [0.717, 1.165) is 6.08 Å². The van der Waals surface area contributed by atoms with Crippen LogP contribution in [-0.4, -0.2) is 31.8 Å². The molecule has 0 bridgehead atoms. The Labute approximate surface area is 104 Å². The Hall–Kier alpha value is -0.480. The van der Waals surface area contributed by atoms with Gasteiger partial charge in [0, 0.05) is 13.5 Å². The fourth-order valence-electron chi connectivity index (χ4n) is 1.00. The molecule has 0 fully saturated rings. The molecule has 4 heteroatoms. The molecule has 0 aliphatic rings. The molecule has 0 rings (SSSR count). The molecular formula is C13H26F2O2. The Kier molecular flexibility index (Phi) is 10.6. The molecule has 0 aliphatic heterocycles. The first-order valence-corrected chi connectivity index (χ1v) is 6.01. The first-order valence-electron chi connectivity index (χ1n) is 6.01. The van der Waals surface area contributed by atoms with Crippen molar-refractivity contribution in [3.63, 3.8) is 0 Å². The summed E-state index contributed by atoms with van der Waals surface area (Å²) in [7, 11) is 1.58. The lowest BCUT2D eigenvalue weighted by Gasteiger charge is -2.23. The number of ether oxygens (including phenoxy) is 2. The van der Waals surface area contributed by atoms with Crippen LogP contribution in [0.25, 0.3) is 0 Å². The van der Waals surface area contributed by atoms with Crippen LogP contribution in [0.1, 0.15) is 41.0 Å². The van der Waals surface area contributed by atoms with Crippen LogP contribution < -0.4 is 0 Å². The number of methoxy groups -OCH3 is 1. The maximum Gasteiger partial charge on any atom is 0.266 e. The zero-order chi connectivity index (χ0) is 13.9. The van der Waals surface area contributed by atoms with Crippen LogP contribution in [0.4, 0.5) is 8.78 Å². The first-order chi connectivity index (χ1) is 7.83. The van der Waals surface area contributed by atoms with E-state index in [1.807, 2.05) is 27.7 Å². The molecule has 0 aliphatic carbocycles. The average Bonchev–Trinajstić information content (AvgIpc) is 2.27.